The Balaban J connectivity index is 2.42. The van der Waals surface area contributed by atoms with E-state index in [0.29, 0.717) is 5.82 Å². The standard InChI is InChI=1S/C11H15N5/c1-7(12)9-6-13-11(14-8(9)2)10-4-5-16(3)15-10/h4-7H,12H2,1-3H3/t7-/m1/s1. The van der Waals surface area contributed by atoms with E-state index in [2.05, 4.69) is 15.1 Å². The van der Waals surface area contributed by atoms with E-state index in [4.69, 9.17) is 5.73 Å². The van der Waals surface area contributed by atoms with Crippen LogP contribution >= 0.6 is 0 Å². The van der Waals surface area contributed by atoms with Gasteiger partial charge in [0.25, 0.3) is 0 Å². The third-order valence-corrected chi connectivity index (χ3v) is 2.45. The third kappa shape index (κ3) is 1.94. The largest absolute Gasteiger partial charge is 0.324 e. The van der Waals surface area contributed by atoms with Gasteiger partial charge in [0, 0.05) is 36.7 Å². The molecule has 0 aliphatic carbocycles. The predicted molar refractivity (Wildman–Crippen MR) is 61.6 cm³/mol. The third-order valence-electron chi connectivity index (χ3n) is 2.45. The molecule has 0 fully saturated rings. The molecule has 5 heteroatoms. The minimum absolute atomic E-state index is 0.0437. The summed E-state index contributed by atoms with van der Waals surface area (Å²) in [5.41, 5.74) is 8.47. The van der Waals surface area contributed by atoms with E-state index in [9.17, 15) is 0 Å². The van der Waals surface area contributed by atoms with Crippen LogP contribution in [-0.4, -0.2) is 19.7 Å². The first-order valence-corrected chi connectivity index (χ1v) is 5.17. The highest BCUT2D eigenvalue weighted by Crippen LogP contribution is 2.16. The molecule has 1 atom stereocenters. The molecule has 0 aromatic carbocycles. The molecule has 0 saturated heterocycles. The summed E-state index contributed by atoms with van der Waals surface area (Å²) < 4.78 is 1.73. The van der Waals surface area contributed by atoms with E-state index in [0.717, 1.165) is 17.0 Å². The summed E-state index contributed by atoms with van der Waals surface area (Å²) in [6, 6.07) is 1.85. The summed E-state index contributed by atoms with van der Waals surface area (Å²) in [5.74, 6) is 0.641. The fourth-order valence-electron chi connectivity index (χ4n) is 1.58. The number of hydrogen-bond acceptors (Lipinski definition) is 4. The summed E-state index contributed by atoms with van der Waals surface area (Å²) in [6.45, 7) is 3.86. The fraction of sp³-hybridized carbons (Fsp3) is 0.364. The molecule has 0 saturated carbocycles. The van der Waals surface area contributed by atoms with Gasteiger partial charge in [0.2, 0.25) is 0 Å². The highest BCUT2D eigenvalue weighted by atomic mass is 15.3. The zero-order valence-corrected chi connectivity index (χ0v) is 9.68. The number of aromatic nitrogens is 4. The van der Waals surface area contributed by atoms with Crippen molar-refractivity contribution in [2.24, 2.45) is 12.8 Å². The van der Waals surface area contributed by atoms with Crippen LogP contribution in [0.5, 0.6) is 0 Å². The molecule has 0 spiro atoms. The number of hydrogen-bond donors (Lipinski definition) is 1. The average molecular weight is 217 g/mol. The summed E-state index contributed by atoms with van der Waals surface area (Å²) in [7, 11) is 1.87. The summed E-state index contributed by atoms with van der Waals surface area (Å²) in [5, 5.41) is 4.26. The van der Waals surface area contributed by atoms with Gasteiger partial charge in [-0.05, 0) is 19.9 Å². The Morgan fingerprint density at radius 1 is 1.44 bits per heavy atom. The van der Waals surface area contributed by atoms with E-state index in [1.807, 2.05) is 33.2 Å². The molecule has 2 N–H and O–H groups in total. The molecule has 16 heavy (non-hydrogen) atoms. The van der Waals surface area contributed by atoms with E-state index < -0.39 is 0 Å². The molecule has 0 bridgehead atoms. The monoisotopic (exact) mass is 217 g/mol. The Kier molecular flexibility index (Phi) is 2.70. The van der Waals surface area contributed by atoms with Crippen molar-refractivity contribution in [3.63, 3.8) is 0 Å². The van der Waals surface area contributed by atoms with Crippen molar-refractivity contribution < 1.29 is 0 Å². The van der Waals surface area contributed by atoms with E-state index in [1.54, 1.807) is 10.9 Å². The molecule has 0 aliphatic rings. The second-order valence-corrected chi connectivity index (χ2v) is 3.90. The van der Waals surface area contributed by atoms with Crippen LogP contribution in [0, 0.1) is 6.92 Å². The minimum Gasteiger partial charge on any atom is -0.324 e. The molecular weight excluding hydrogens is 202 g/mol. The van der Waals surface area contributed by atoms with Gasteiger partial charge in [-0.25, -0.2) is 9.97 Å². The lowest BCUT2D eigenvalue weighted by Gasteiger charge is -2.08. The summed E-state index contributed by atoms with van der Waals surface area (Å²) in [4.78, 5) is 8.69. The van der Waals surface area contributed by atoms with Crippen molar-refractivity contribution in [2.45, 2.75) is 19.9 Å². The molecule has 0 aliphatic heterocycles. The highest BCUT2D eigenvalue weighted by molar-refractivity contribution is 5.48. The number of rotatable bonds is 2. The van der Waals surface area contributed by atoms with Crippen LogP contribution < -0.4 is 5.73 Å². The first kappa shape index (κ1) is 10.8. The van der Waals surface area contributed by atoms with Crippen molar-refractivity contribution >= 4 is 0 Å². The molecule has 2 aromatic heterocycles. The zero-order chi connectivity index (χ0) is 11.7. The van der Waals surface area contributed by atoms with E-state index in [1.165, 1.54) is 0 Å². The molecule has 5 nitrogen and oxygen atoms in total. The SMILES string of the molecule is Cc1nc(-c2ccn(C)n2)ncc1[C@@H](C)N. The van der Waals surface area contributed by atoms with Crippen LogP contribution in [0.1, 0.15) is 24.2 Å². The first-order chi connectivity index (χ1) is 7.58. The van der Waals surface area contributed by atoms with Gasteiger partial charge in [0.1, 0.15) is 5.69 Å². The van der Waals surface area contributed by atoms with Crippen LogP contribution in [0.15, 0.2) is 18.5 Å². The molecule has 2 heterocycles. The molecule has 0 amide bonds. The maximum atomic E-state index is 5.81. The number of nitrogens with two attached hydrogens (primary N) is 1. The van der Waals surface area contributed by atoms with E-state index >= 15 is 0 Å². The van der Waals surface area contributed by atoms with Crippen LogP contribution in [0.4, 0.5) is 0 Å². The Morgan fingerprint density at radius 3 is 2.69 bits per heavy atom. The molecular formula is C11H15N5. The Labute approximate surface area is 94.3 Å². The molecule has 2 rings (SSSR count). The Bertz CT molecular complexity index is 501. The predicted octanol–water partition coefficient (Wildman–Crippen LogP) is 1.21. The van der Waals surface area contributed by atoms with Gasteiger partial charge < -0.3 is 5.73 Å². The van der Waals surface area contributed by atoms with Crippen molar-refractivity contribution in [1.29, 1.82) is 0 Å². The van der Waals surface area contributed by atoms with Gasteiger partial charge in [-0.1, -0.05) is 0 Å². The minimum atomic E-state index is -0.0437. The molecule has 84 valence electrons. The maximum Gasteiger partial charge on any atom is 0.180 e. The van der Waals surface area contributed by atoms with Gasteiger partial charge in [-0.3, -0.25) is 4.68 Å². The second-order valence-electron chi connectivity index (χ2n) is 3.90. The van der Waals surface area contributed by atoms with Crippen LogP contribution in [0.3, 0.4) is 0 Å². The highest BCUT2D eigenvalue weighted by Gasteiger charge is 2.09. The molecule has 0 radical (unpaired) electrons. The molecule has 2 aromatic rings. The maximum absolute atomic E-state index is 5.81. The van der Waals surface area contributed by atoms with Gasteiger partial charge in [-0.15, -0.1) is 0 Å². The van der Waals surface area contributed by atoms with Crippen molar-refractivity contribution in [1.82, 2.24) is 19.7 Å². The number of nitrogens with zero attached hydrogens (tertiary/aromatic N) is 4. The lowest BCUT2D eigenvalue weighted by atomic mass is 10.1. The second kappa shape index (κ2) is 4.02. The van der Waals surface area contributed by atoms with Gasteiger partial charge in [0.15, 0.2) is 5.82 Å². The van der Waals surface area contributed by atoms with Crippen molar-refractivity contribution in [3.8, 4) is 11.5 Å². The lowest BCUT2D eigenvalue weighted by molar-refractivity contribution is 0.765. The van der Waals surface area contributed by atoms with Gasteiger partial charge >= 0.3 is 0 Å². The lowest BCUT2D eigenvalue weighted by Crippen LogP contribution is -2.09. The van der Waals surface area contributed by atoms with Gasteiger partial charge in [0.05, 0.1) is 0 Å². The quantitative estimate of drug-likeness (QED) is 0.820. The Hall–Kier alpha value is -1.75. The topological polar surface area (TPSA) is 69.6 Å². The van der Waals surface area contributed by atoms with Gasteiger partial charge in [-0.2, -0.15) is 5.10 Å². The summed E-state index contributed by atoms with van der Waals surface area (Å²) in [6.07, 6.45) is 3.64. The van der Waals surface area contributed by atoms with Crippen molar-refractivity contribution in [2.75, 3.05) is 0 Å². The first-order valence-electron chi connectivity index (χ1n) is 5.17. The average Bonchev–Trinajstić information content (AvgIpc) is 2.64. The van der Waals surface area contributed by atoms with Crippen LogP contribution in [0.2, 0.25) is 0 Å². The van der Waals surface area contributed by atoms with Crippen LogP contribution in [0.25, 0.3) is 11.5 Å². The fourth-order valence-corrected chi connectivity index (χ4v) is 1.58. The Morgan fingerprint density at radius 2 is 2.19 bits per heavy atom. The van der Waals surface area contributed by atoms with Crippen molar-refractivity contribution in [3.05, 3.63) is 29.7 Å². The number of aryl methyl sites for hydroxylation is 2. The van der Waals surface area contributed by atoms with Crippen LogP contribution in [-0.2, 0) is 7.05 Å². The smallest absolute Gasteiger partial charge is 0.180 e. The summed E-state index contributed by atoms with van der Waals surface area (Å²) >= 11 is 0. The molecule has 0 unspecified atom stereocenters. The normalized spacial score (nSPS) is 12.8. The zero-order valence-electron chi connectivity index (χ0n) is 9.68. The van der Waals surface area contributed by atoms with E-state index in [-0.39, 0.29) is 6.04 Å².